The van der Waals surface area contributed by atoms with Crippen molar-refractivity contribution < 1.29 is 17.9 Å². The number of primary amides is 1. The molecule has 2 aromatic carbocycles. The van der Waals surface area contributed by atoms with E-state index >= 15 is 0 Å². The lowest BCUT2D eigenvalue weighted by atomic mass is 9.88. The SMILES string of the molecule is CC(C)(C)NS(=O)(=O)c1cc(-c2ccc3ncsc3c2)ccc1-c1cnc([C@H]2CC[C@H](OC(N)=O)CC2)s1. The summed E-state index contributed by atoms with van der Waals surface area (Å²) in [5.41, 5.74) is 9.62. The molecule has 2 aromatic heterocycles. The van der Waals surface area contributed by atoms with E-state index in [0.29, 0.717) is 5.56 Å². The first-order valence-electron chi connectivity index (χ1n) is 12.4. The van der Waals surface area contributed by atoms with Crippen LogP contribution in [0.5, 0.6) is 0 Å². The van der Waals surface area contributed by atoms with Crippen molar-refractivity contribution in [1.29, 1.82) is 0 Å². The van der Waals surface area contributed by atoms with E-state index in [1.165, 1.54) is 11.3 Å². The summed E-state index contributed by atoms with van der Waals surface area (Å²) in [6.07, 6.45) is 4.01. The zero-order chi connectivity index (χ0) is 27.1. The van der Waals surface area contributed by atoms with Gasteiger partial charge in [-0.25, -0.2) is 27.9 Å². The molecule has 4 aromatic rings. The van der Waals surface area contributed by atoms with Crippen LogP contribution in [0.25, 0.3) is 31.8 Å². The van der Waals surface area contributed by atoms with Crippen LogP contribution in [0.2, 0.25) is 0 Å². The van der Waals surface area contributed by atoms with Crippen LogP contribution in [0.15, 0.2) is 53.0 Å². The quantitative estimate of drug-likeness (QED) is 0.281. The highest BCUT2D eigenvalue weighted by molar-refractivity contribution is 7.89. The number of carbonyl (C=O) groups excluding carboxylic acids is 1. The third kappa shape index (κ3) is 5.90. The minimum atomic E-state index is -3.83. The number of hydrogen-bond donors (Lipinski definition) is 2. The van der Waals surface area contributed by atoms with Gasteiger partial charge in [0.1, 0.15) is 6.10 Å². The molecule has 0 atom stereocenters. The Morgan fingerprint density at radius 1 is 1.05 bits per heavy atom. The van der Waals surface area contributed by atoms with Crippen LogP contribution < -0.4 is 10.5 Å². The predicted octanol–water partition coefficient (Wildman–Crippen LogP) is 6.29. The molecule has 200 valence electrons. The predicted molar refractivity (Wildman–Crippen MR) is 152 cm³/mol. The summed E-state index contributed by atoms with van der Waals surface area (Å²) < 4.78 is 36.3. The van der Waals surface area contributed by atoms with Crippen molar-refractivity contribution in [3.8, 4) is 21.6 Å². The summed E-state index contributed by atoms with van der Waals surface area (Å²) in [6.45, 7) is 5.48. The number of nitrogens with one attached hydrogen (secondary N) is 1. The molecule has 11 heteroatoms. The number of ether oxygens (including phenoxy) is 1. The first-order chi connectivity index (χ1) is 18.0. The standard InChI is InChI=1S/C27H30N4O4S3/c1-27(2,3)31-38(33,34)24-13-18(17-7-11-21-22(12-17)36-15-30-21)6-10-20(24)23-14-29-25(37-23)16-4-8-19(9-5-16)35-26(28)32/h6-7,10-16,19,31H,4-5,8-9H2,1-3H3,(H2,28,32)/t16-,19-. The van der Waals surface area contributed by atoms with Crippen molar-refractivity contribution in [2.75, 3.05) is 0 Å². The van der Waals surface area contributed by atoms with Crippen LogP contribution in [-0.4, -0.2) is 36.1 Å². The number of nitrogens with zero attached hydrogens (tertiary/aromatic N) is 2. The number of carbonyl (C=O) groups is 1. The molecular formula is C27H30N4O4S3. The Morgan fingerprint density at radius 3 is 2.47 bits per heavy atom. The van der Waals surface area contributed by atoms with Gasteiger partial charge >= 0.3 is 6.09 Å². The molecule has 0 unspecified atom stereocenters. The van der Waals surface area contributed by atoms with Crippen molar-refractivity contribution in [3.63, 3.8) is 0 Å². The van der Waals surface area contributed by atoms with Gasteiger partial charge in [-0.1, -0.05) is 18.2 Å². The van der Waals surface area contributed by atoms with Crippen LogP contribution in [0, 0.1) is 0 Å². The second kappa shape index (κ2) is 10.4. The minimum Gasteiger partial charge on any atom is -0.446 e. The number of amides is 1. The summed E-state index contributed by atoms with van der Waals surface area (Å²) in [4.78, 5) is 21.1. The minimum absolute atomic E-state index is 0.153. The number of fused-ring (bicyclic) bond motifs is 1. The van der Waals surface area contributed by atoms with E-state index in [2.05, 4.69) is 14.7 Å². The Morgan fingerprint density at radius 2 is 1.76 bits per heavy atom. The summed E-state index contributed by atoms with van der Waals surface area (Å²) in [5.74, 6) is 0.236. The molecule has 1 aliphatic carbocycles. The van der Waals surface area contributed by atoms with Gasteiger partial charge in [0.15, 0.2) is 0 Å². The summed E-state index contributed by atoms with van der Waals surface area (Å²) >= 11 is 3.07. The zero-order valence-corrected chi connectivity index (χ0v) is 23.9. The molecule has 0 saturated heterocycles. The van der Waals surface area contributed by atoms with Gasteiger partial charge in [-0.05, 0) is 75.8 Å². The average molecular weight is 571 g/mol. The molecule has 0 aliphatic heterocycles. The fourth-order valence-electron chi connectivity index (χ4n) is 4.81. The Balaban J connectivity index is 1.50. The molecule has 8 nitrogen and oxygen atoms in total. The maximum absolute atomic E-state index is 13.6. The molecular weight excluding hydrogens is 541 g/mol. The maximum atomic E-state index is 13.6. The molecule has 0 bridgehead atoms. The number of hydrogen-bond acceptors (Lipinski definition) is 8. The van der Waals surface area contributed by atoms with Gasteiger partial charge in [-0.2, -0.15) is 0 Å². The third-order valence-corrected chi connectivity index (χ3v) is 10.3. The van der Waals surface area contributed by atoms with E-state index in [-0.39, 0.29) is 16.9 Å². The van der Waals surface area contributed by atoms with Crippen molar-refractivity contribution in [2.24, 2.45) is 5.73 Å². The zero-order valence-electron chi connectivity index (χ0n) is 21.4. The number of aromatic nitrogens is 2. The van der Waals surface area contributed by atoms with E-state index in [4.69, 9.17) is 10.5 Å². The van der Waals surface area contributed by atoms with Gasteiger partial charge in [-0.15, -0.1) is 22.7 Å². The summed E-state index contributed by atoms with van der Waals surface area (Å²) in [5, 5.41) is 0.962. The first kappa shape index (κ1) is 26.7. The van der Waals surface area contributed by atoms with E-state index < -0.39 is 21.7 Å². The van der Waals surface area contributed by atoms with Gasteiger partial charge in [0.25, 0.3) is 0 Å². The largest absolute Gasteiger partial charge is 0.446 e. The van der Waals surface area contributed by atoms with Crippen LogP contribution >= 0.6 is 22.7 Å². The van der Waals surface area contributed by atoms with E-state index in [1.54, 1.807) is 29.1 Å². The topological polar surface area (TPSA) is 124 Å². The molecule has 1 saturated carbocycles. The van der Waals surface area contributed by atoms with E-state index in [1.807, 2.05) is 51.1 Å². The van der Waals surface area contributed by atoms with Crippen molar-refractivity contribution in [2.45, 2.75) is 68.9 Å². The Hall–Kier alpha value is -2.86. The van der Waals surface area contributed by atoms with Crippen molar-refractivity contribution in [1.82, 2.24) is 14.7 Å². The molecule has 2 heterocycles. The maximum Gasteiger partial charge on any atom is 0.404 e. The van der Waals surface area contributed by atoms with Gasteiger partial charge in [-0.3, -0.25) is 0 Å². The molecule has 1 aliphatic rings. The third-order valence-electron chi connectivity index (χ3n) is 6.47. The number of sulfonamides is 1. The lowest BCUT2D eigenvalue weighted by Gasteiger charge is -2.26. The molecule has 1 amide bonds. The fourth-order valence-corrected chi connectivity index (χ4v) is 8.39. The average Bonchev–Trinajstić information content (AvgIpc) is 3.52. The lowest BCUT2D eigenvalue weighted by molar-refractivity contribution is 0.0787. The number of benzene rings is 2. The second-order valence-electron chi connectivity index (χ2n) is 10.6. The Kier molecular flexibility index (Phi) is 7.29. The highest BCUT2D eigenvalue weighted by Gasteiger charge is 2.29. The van der Waals surface area contributed by atoms with Gasteiger partial charge in [0, 0.05) is 23.2 Å². The number of nitrogens with two attached hydrogens (primary N) is 1. The molecule has 5 rings (SSSR count). The smallest absolute Gasteiger partial charge is 0.404 e. The first-order valence-corrected chi connectivity index (χ1v) is 15.6. The van der Waals surface area contributed by atoms with E-state index in [9.17, 15) is 13.2 Å². The second-order valence-corrected chi connectivity index (χ2v) is 14.2. The lowest BCUT2D eigenvalue weighted by Crippen LogP contribution is -2.40. The molecule has 38 heavy (non-hydrogen) atoms. The highest BCUT2D eigenvalue weighted by atomic mass is 32.2. The van der Waals surface area contributed by atoms with Gasteiger partial charge < -0.3 is 10.5 Å². The fraction of sp³-hybridized carbons (Fsp3) is 0.370. The molecule has 1 fully saturated rings. The number of thiazole rings is 2. The van der Waals surface area contributed by atoms with Crippen LogP contribution in [0.1, 0.15) is 57.4 Å². The normalized spacial score (nSPS) is 18.5. The van der Waals surface area contributed by atoms with Crippen LogP contribution in [0.3, 0.4) is 0 Å². The van der Waals surface area contributed by atoms with E-state index in [0.717, 1.165) is 56.9 Å². The van der Waals surface area contributed by atoms with Crippen molar-refractivity contribution >= 4 is 49.0 Å². The molecule has 0 radical (unpaired) electrons. The molecule has 3 N–H and O–H groups in total. The Labute approximate surface area is 230 Å². The molecule has 0 spiro atoms. The van der Waals surface area contributed by atoms with Crippen LogP contribution in [-0.2, 0) is 14.8 Å². The van der Waals surface area contributed by atoms with Crippen LogP contribution in [0.4, 0.5) is 4.79 Å². The van der Waals surface area contributed by atoms with Gasteiger partial charge in [0.05, 0.1) is 30.5 Å². The van der Waals surface area contributed by atoms with Crippen molar-refractivity contribution in [3.05, 3.63) is 53.1 Å². The monoisotopic (exact) mass is 570 g/mol. The van der Waals surface area contributed by atoms with Gasteiger partial charge in [0.2, 0.25) is 10.0 Å². The highest BCUT2D eigenvalue weighted by Crippen LogP contribution is 2.41. The Bertz CT molecular complexity index is 1580. The summed E-state index contributed by atoms with van der Waals surface area (Å²) in [7, 11) is -3.83. The summed E-state index contributed by atoms with van der Waals surface area (Å²) in [6, 6.07) is 11.5. The number of rotatable bonds is 6.